The van der Waals surface area contributed by atoms with Crippen LogP contribution in [-0.2, 0) is 24.2 Å². The summed E-state index contributed by atoms with van der Waals surface area (Å²) in [4.78, 5) is 0. The van der Waals surface area contributed by atoms with E-state index >= 15 is 0 Å². The summed E-state index contributed by atoms with van der Waals surface area (Å²) in [5, 5.41) is 29.6. The third-order valence-electron chi connectivity index (χ3n) is 4.49. The van der Waals surface area contributed by atoms with Crippen LogP contribution in [0.5, 0.6) is 17.2 Å². The smallest absolute Gasteiger partial charge is 0.121 e. The Morgan fingerprint density at radius 3 is 1.85 bits per heavy atom. The van der Waals surface area contributed by atoms with Gasteiger partial charge in [0.25, 0.3) is 0 Å². The normalized spacial score (nSPS) is 10.9. The molecular weight excluding hydrogens is 340 g/mol. The highest BCUT2D eigenvalue weighted by atomic mass is 16.5. The molecule has 0 spiro atoms. The van der Waals surface area contributed by atoms with Crippen LogP contribution in [0.3, 0.4) is 0 Å². The fraction of sp³-hybridized carbons (Fsp3) is 0.217. The van der Waals surface area contributed by atoms with Crippen molar-refractivity contribution in [1.82, 2.24) is 0 Å². The van der Waals surface area contributed by atoms with E-state index in [0.717, 1.165) is 27.8 Å². The maximum absolute atomic E-state index is 10.2. The number of hydrogen-bond acceptors (Lipinski definition) is 4. The molecule has 0 atom stereocenters. The van der Waals surface area contributed by atoms with Gasteiger partial charge in [0.1, 0.15) is 17.2 Å². The highest BCUT2D eigenvalue weighted by molar-refractivity contribution is 5.43. The van der Waals surface area contributed by atoms with Crippen LogP contribution in [0.4, 0.5) is 0 Å². The van der Waals surface area contributed by atoms with Crippen LogP contribution in [0.15, 0.2) is 60.7 Å². The van der Waals surface area contributed by atoms with E-state index in [2.05, 4.69) is 0 Å². The van der Waals surface area contributed by atoms with Crippen LogP contribution >= 0.6 is 0 Å². The number of phenolic OH excluding ortho intramolecular Hbond substituents is 3. The zero-order valence-electron chi connectivity index (χ0n) is 15.4. The summed E-state index contributed by atoms with van der Waals surface area (Å²) in [6.07, 6.45) is 1.29. The van der Waals surface area contributed by atoms with Crippen molar-refractivity contribution in [1.29, 1.82) is 0 Å². The molecule has 3 aromatic rings. The van der Waals surface area contributed by atoms with Crippen LogP contribution in [0.25, 0.3) is 0 Å². The zero-order chi connectivity index (χ0) is 19.2. The first-order valence-corrected chi connectivity index (χ1v) is 9.02. The molecule has 140 valence electrons. The lowest BCUT2D eigenvalue weighted by Crippen LogP contribution is -1.96. The molecule has 0 aliphatic carbocycles. The third-order valence-corrected chi connectivity index (χ3v) is 4.49. The number of phenols is 3. The Balaban J connectivity index is 1.78. The SMILES string of the molecule is CCOCc1cc(Cc2ccc(O)c(Cc3ccc(O)cc3)c2)ccc1O. The molecule has 0 aliphatic rings. The molecule has 0 fully saturated rings. The fourth-order valence-corrected chi connectivity index (χ4v) is 3.04. The average Bonchev–Trinajstić information content (AvgIpc) is 2.66. The zero-order valence-corrected chi connectivity index (χ0v) is 15.4. The van der Waals surface area contributed by atoms with E-state index in [-0.39, 0.29) is 17.2 Å². The molecule has 0 aliphatic heterocycles. The molecule has 0 bridgehead atoms. The number of ether oxygens (including phenoxy) is 1. The van der Waals surface area contributed by atoms with Crippen LogP contribution in [0.1, 0.15) is 34.7 Å². The van der Waals surface area contributed by atoms with Crippen molar-refractivity contribution < 1.29 is 20.1 Å². The average molecular weight is 364 g/mol. The lowest BCUT2D eigenvalue weighted by atomic mass is 9.97. The lowest BCUT2D eigenvalue weighted by Gasteiger charge is -2.11. The van der Waals surface area contributed by atoms with Crippen LogP contribution < -0.4 is 0 Å². The third kappa shape index (κ3) is 5.02. The highest BCUT2D eigenvalue weighted by Gasteiger charge is 2.08. The second-order valence-corrected chi connectivity index (χ2v) is 6.58. The van der Waals surface area contributed by atoms with E-state index in [1.807, 2.05) is 43.3 Å². The van der Waals surface area contributed by atoms with E-state index in [1.54, 1.807) is 24.3 Å². The maximum atomic E-state index is 10.2. The van der Waals surface area contributed by atoms with Crippen molar-refractivity contribution in [3.05, 3.63) is 88.5 Å². The number of rotatable bonds is 7. The van der Waals surface area contributed by atoms with Crippen molar-refractivity contribution >= 4 is 0 Å². The summed E-state index contributed by atoms with van der Waals surface area (Å²) in [6.45, 7) is 2.91. The first-order valence-electron chi connectivity index (χ1n) is 9.02. The van der Waals surface area contributed by atoms with Gasteiger partial charge >= 0.3 is 0 Å². The molecule has 4 nitrogen and oxygen atoms in total. The van der Waals surface area contributed by atoms with E-state index in [1.165, 1.54) is 0 Å². The summed E-state index contributed by atoms with van der Waals surface area (Å²) < 4.78 is 5.40. The Morgan fingerprint density at radius 2 is 1.22 bits per heavy atom. The molecule has 4 heteroatoms. The van der Waals surface area contributed by atoms with E-state index < -0.39 is 0 Å². The Morgan fingerprint density at radius 1 is 0.667 bits per heavy atom. The molecule has 3 N–H and O–H groups in total. The van der Waals surface area contributed by atoms with E-state index in [0.29, 0.717) is 26.1 Å². The Hall–Kier alpha value is -2.98. The van der Waals surface area contributed by atoms with Gasteiger partial charge in [0.05, 0.1) is 6.61 Å². The predicted octanol–water partition coefficient (Wildman–Crippen LogP) is 4.52. The highest BCUT2D eigenvalue weighted by Crippen LogP contribution is 2.26. The van der Waals surface area contributed by atoms with Crippen molar-refractivity contribution in [2.45, 2.75) is 26.4 Å². The summed E-state index contributed by atoms with van der Waals surface area (Å²) in [7, 11) is 0. The Bertz CT molecular complexity index is 901. The number of aromatic hydroxyl groups is 3. The molecule has 3 aromatic carbocycles. The van der Waals surface area contributed by atoms with Crippen LogP contribution in [0, 0.1) is 0 Å². The fourth-order valence-electron chi connectivity index (χ4n) is 3.04. The van der Waals surface area contributed by atoms with Gasteiger partial charge in [0.15, 0.2) is 0 Å². The van der Waals surface area contributed by atoms with Crippen LogP contribution in [0.2, 0.25) is 0 Å². The van der Waals surface area contributed by atoms with Gasteiger partial charge in [0, 0.05) is 18.6 Å². The topological polar surface area (TPSA) is 69.9 Å². The predicted molar refractivity (Wildman–Crippen MR) is 105 cm³/mol. The molecule has 3 rings (SSSR count). The number of hydrogen-bond donors (Lipinski definition) is 3. The van der Waals surface area contributed by atoms with E-state index in [4.69, 9.17) is 4.74 Å². The minimum Gasteiger partial charge on any atom is -0.508 e. The molecule has 0 saturated carbocycles. The molecule has 0 amide bonds. The lowest BCUT2D eigenvalue weighted by molar-refractivity contribution is 0.132. The van der Waals surface area contributed by atoms with Crippen molar-refractivity contribution in [2.24, 2.45) is 0 Å². The minimum absolute atomic E-state index is 0.229. The Kier molecular flexibility index (Phi) is 5.99. The monoisotopic (exact) mass is 364 g/mol. The molecule has 0 aromatic heterocycles. The van der Waals surface area contributed by atoms with E-state index in [9.17, 15) is 15.3 Å². The summed E-state index contributed by atoms with van der Waals surface area (Å²) in [5.74, 6) is 0.729. The largest absolute Gasteiger partial charge is 0.508 e. The molecule has 27 heavy (non-hydrogen) atoms. The van der Waals surface area contributed by atoms with Crippen molar-refractivity contribution in [3.8, 4) is 17.2 Å². The minimum atomic E-state index is 0.229. The molecular formula is C23H24O4. The number of benzene rings is 3. The van der Waals surface area contributed by atoms with Gasteiger partial charge in [-0.3, -0.25) is 0 Å². The first kappa shape index (κ1) is 18.8. The van der Waals surface area contributed by atoms with Gasteiger partial charge in [-0.1, -0.05) is 30.3 Å². The van der Waals surface area contributed by atoms with Crippen molar-refractivity contribution in [3.63, 3.8) is 0 Å². The first-order chi connectivity index (χ1) is 13.0. The Labute approximate surface area is 159 Å². The standard InChI is InChI=1S/C23H24O4/c1-2-27-15-20-14-18(6-10-23(20)26)11-17-5-9-22(25)19(13-17)12-16-3-7-21(24)8-4-16/h3-10,13-14,24-26H,2,11-12,15H2,1H3. The molecule has 0 heterocycles. The summed E-state index contributed by atoms with van der Waals surface area (Å²) >= 11 is 0. The molecule has 0 radical (unpaired) electrons. The molecule has 0 unspecified atom stereocenters. The quantitative estimate of drug-likeness (QED) is 0.576. The molecule has 0 saturated heterocycles. The second kappa shape index (κ2) is 8.60. The maximum Gasteiger partial charge on any atom is 0.121 e. The second-order valence-electron chi connectivity index (χ2n) is 6.58. The van der Waals surface area contributed by atoms with Gasteiger partial charge < -0.3 is 20.1 Å². The summed E-state index contributed by atoms with van der Waals surface area (Å²) in [6, 6.07) is 18.2. The summed E-state index contributed by atoms with van der Waals surface area (Å²) in [5.41, 5.74) is 4.78. The van der Waals surface area contributed by atoms with Gasteiger partial charge in [-0.25, -0.2) is 0 Å². The van der Waals surface area contributed by atoms with Gasteiger partial charge in [-0.15, -0.1) is 0 Å². The van der Waals surface area contributed by atoms with Gasteiger partial charge in [0.2, 0.25) is 0 Å². The van der Waals surface area contributed by atoms with Gasteiger partial charge in [-0.05, 0) is 65.9 Å². The van der Waals surface area contributed by atoms with Gasteiger partial charge in [-0.2, -0.15) is 0 Å². The van der Waals surface area contributed by atoms with Crippen LogP contribution in [-0.4, -0.2) is 21.9 Å². The van der Waals surface area contributed by atoms with Crippen molar-refractivity contribution in [2.75, 3.05) is 6.61 Å².